The fourth-order valence-corrected chi connectivity index (χ4v) is 2.52. The van der Waals surface area contributed by atoms with Gasteiger partial charge in [-0.15, -0.1) is 0 Å². The molecule has 0 radical (unpaired) electrons. The second kappa shape index (κ2) is 5.66. The molecule has 0 bridgehead atoms. The molecule has 0 saturated carbocycles. The molecule has 0 fully saturated rings. The van der Waals surface area contributed by atoms with Crippen molar-refractivity contribution < 1.29 is 46.7 Å². The zero-order valence-corrected chi connectivity index (χ0v) is 10.4. The maximum atomic E-state index is 10.5. The second-order valence-electron chi connectivity index (χ2n) is 2.16. The Morgan fingerprint density at radius 3 is 2.00 bits per heavy atom. The molecule has 2 atom stereocenters. The van der Waals surface area contributed by atoms with Gasteiger partial charge < -0.3 is 4.55 Å². The van der Waals surface area contributed by atoms with Crippen molar-refractivity contribution in [2.45, 2.75) is 12.2 Å². The first kappa shape index (κ1) is 14.6. The van der Waals surface area contributed by atoms with E-state index < -0.39 is 26.2 Å². The Bertz CT molecular complexity index is 222. The average molecular weight is 208 g/mol. The first-order chi connectivity index (χ1) is 4.33. The van der Waals surface area contributed by atoms with Crippen LogP contribution in [0.4, 0.5) is 0 Å². The Balaban J connectivity index is 0. The summed E-state index contributed by atoms with van der Waals surface area (Å²) in [6, 6.07) is 0. The van der Waals surface area contributed by atoms with Crippen LogP contribution >= 0.6 is 0 Å². The van der Waals surface area contributed by atoms with Crippen molar-refractivity contribution in [3.63, 3.8) is 0 Å². The molecule has 0 aromatic carbocycles. The number of hydrogen-bond acceptors (Lipinski definition) is 4. The van der Waals surface area contributed by atoms with Gasteiger partial charge in [-0.2, -0.15) is 0 Å². The fourth-order valence-electron chi connectivity index (χ4n) is 0.482. The van der Waals surface area contributed by atoms with Crippen molar-refractivity contribution in [3.8, 4) is 0 Å². The van der Waals surface area contributed by atoms with E-state index in [1.54, 1.807) is 0 Å². The molecule has 0 N–H and O–H groups in total. The molecule has 0 aliphatic rings. The summed E-state index contributed by atoms with van der Waals surface area (Å²) in [7, 11) is -3.16. The molecular formula is C4H9NaO4S2. The van der Waals surface area contributed by atoms with E-state index in [-0.39, 0.29) is 35.3 Å². The van der Waals surface area contributed by atoms with Crippen molar-refractivity contribution >= 4 is 20.9 Å². The van der Waals surface area contributed by atoms with Crippen molar-refractivity contribution in [2.24, 2.45) is 0 Å². The van der Waals surface area contributed by atoms with Crippen molar-refractivity contribution in [3.05, 3.63) is 0 Å². The van der Waals surface area contributed by atoms with Crippen LogP contribution in [-0.2, 0) is 20.9 Å². The quantitative estimate of drug-likeness (QED) is 0.353. The normalized spacial score (nSPS) is 16.6. The van der Waals surface area contributed by atoms with Crippen LogP contribution in [0.5, 0.6) is 0 Å². The van der Waals surface area contributed by atoms with Crippen LogP contribution in [0, 0.1) is 0 Å². The molecule has 7 heteroatoms. The maximum absolute atomic E-state index is 10.5. The molecule has 4 nitrogen and oxygen atoms in total. The summed E-state index contributed by atoms with van der Waals surface area (Å²) in [5, 5.41) is -0.810. The summed E-state index contributed by atoms with van der Waals surface area (Å²) in [6.07, 6.45) is 1.01. The smallest absolute Gasteiger partial charge is 0.772 e. The molecule has 0 aromatic heterocycles. The molecule has 0 amide bonds. The maximum Gasteiger partial charge on any atom is 1.00 e. The summed E-state index contributed by atoms with van der Waals surface area (Å²) >= 11 is -2.29. The standard InChI is InChI=1S/C4H10O4S2.Na/c1-4(9(5)6)3-10(2,7)8;/h4H,3H2,1-2H3,(H,5,6);/q;+1/p-1. The van der Waals surface area contributed by atoms with Crippen LogP contribution in [0.1, 0.15) is 6.92 Å². The zero-order valence-electron chi connectivity index (χ0n) is 6.73. The predicted molar refractivity (Wildman–Crippen MR) is 38.1 cm³/mol. The van der Waals surface area contributed by atoms with Crippen molar-refractivity contribution in [2.75, 3.05) is 12.0 Å². The van der Waals surface area contributed by atoms with Gasteiger partial charge in [0.2, 0.25) is 0 Å². The first-order valence-corrected chi connectivity index (χ1v) is 5.78. The Hall–Kier alpha value is 1.06. The Labute approximate surface area is 91.3 Å². The van der Waals surface area contributed by atoms with Crippen LogP contribution in [-0.4, -0.2) is 34.4 Å². The van der Waals surface area contributed by atoms with Gasteiger partial charge in [-0.3, -0.25) is 4.21 Å². The van der Waals surface area contributed by atoms with E-state index in [9.17, 15) is 17.2 Å². The molecule has 62 valence electrons. The second-order valence-corrected chi connectivity index (χ2v) is 5.67. The van der Waals surface area contributed by atoms with Crippen molar-refractivity contribution in [1.82, 2.24) is 0 Å². The van der Waals surface area contributed by atoms with Crippen LogP contribution in [0.15, 0.2) is 0 Å². The minimum absolute atomic E-state index is 0. The zero-order chi connectivity index (χ0) is 8.36. The van der Waals surface area contributed by atoms with Gasteiger partial charge >= 0.3 is 29.6 Å². The molecular weight excluding hydrogens is 199 g/mol. The van der Waals surface area contributed by atoms with Gasteiger partial charge in [-0.25, -0.2) is 8.42 Å². The summed E-state index contributed by atoms with van der Waals surface area (Å²) in [4.78, 5) is 0. The number of hydrogen-bond donors (Lipinski definition) is 0. The van der Waals surface area contributed by atoms with E-state index in [1.165, 1.54) is 6.92 Å². The third-order valence-corrected chi connectivity index (χ3v) is 3.01. The van der Waals surface area contributed by atoms with E-state index in [1.807, 2.05) is 0 Å². The Morgan fingerprint density at radius 2 is 1.91 bits per heavy atom. The summed E-state index contributed by atoms with van der Waals surface area (Å²) < 4.78 is 41.2. The molecule has 0 spiro atoms. The molecule has 0 rings (SSSR count). The number of sulfone groups is 1. The van der Waals surface area contributed by atoms with Gasteiger partial charge in [0.1, 0.15) is 9.84 Å². The molecule has 11 heavy (non-hydrogen) atoms. The van der Waals surface area contributed by atoms with Crippen LogP contribution in [0.25, 0.3) is 0 Å². The summed E-state index contributed by atoms with van der Waals surface area (Å²) in [6.45, 7) is 1.35. The van der Waals surface area contributed by atoms with Crippen molar-refractivity contribution in [1.29, 1.82) is 0 Å². The van der Waals surface area contributed by atoms with Crippen LogP contribution in [0.3, 0.4) is 0 Å². The predicted octanol–water partition coefficient (Wildman–Crippen LogP) is -3.70. The van der Waals surface area contributed by atoms with Gasteiger partial charge in [-0.05, 0) is 0 Å². The van der Waals surface area contributed by atoms with Gasteiger partial charge in [0.15, 0.2) is 0 Å². The van der Waals surface area contributed by atoms with Gasteiger partial charge in [0.05, 0.1) is 5.75 Å². The Morgan fingerprint density at radius 1 is 1.55 bits per heavy atom. The van der Waals surface area contributed by atoms with Gasteiger partial charge in [-0.1, -0.05) is 18.0 Å². The SMILES string of the molecule is CC(CS(C)(=O)=O)S(=O)[O-].[Na+]. The van der Waals surface area contributed by atoms with E-state index in [2.05, 4.69) is 0 Å². The average Bonchev–Trinajstić information content (AvgIpc) is 1.60. The van der Waals surface area contributed by atoms with Crippen LogP contribution in [0.2, 0.25) is 0 Å². The monoisotopic (exact) mass is 208 g/mol. The molecule has 0 heterocycles. The molecule has 0 aliphatic carbocycles. The Kier molecular flexibility index (Phi) is 7.50. The third-order valence-electron chi connectivity index (χ3n) is 0.866. The topological polar surface area (TPSA) is 74.3 Å². The van der Waals surface area contributed by atoms with Crippen LogP contribution < -0.4 is 29.6 Å². The molecule has 2 unspecified atom stereocenters. The van der Waals surface area contributed by atoms with E-state index in [0.29, 0.717) is 0 Å². The van der Waals surface area contributed by atoms with E-state index in [4.69, 9.17) is 0 Å². The number of rotatable bonds is 3. The van der Waals surface area contributed by atoms with Gasteiger partial charge in [0.25, 0.3) is 0 Å². The van der Waals surface area contributed by atoms with Gasteiger partial charge in [0, 0.05) is 11.5 Å². The molecule has 0 aromatic rings. The van der Waals surface area contributed by atoms with E-state index in [0.717, 1.165) is 6.26 Å². The van der Waals surface area contributed by atoms with E-state index >= 15 is 0 Å². The molecule has 0 saturated heterocycles. The fraction of sp³-hybridized carbons (Fsp3) is 1.00. The third kappa shape index (κ3) is 8.97. The molecule has 0 aliphatic heterocycles. The largest absolute Gasteiger partial charge is 1.00 e. The first-order valence-electron chi connectivity index (χ1n) is 2.58. The summed E-state index contributed by atoms with van der Waals surface area (Å²) in [5.74, 6) is -0.302. The summed E-state index contributed by atoms with van der Waals surface area (Å²) in [5.41, 5.74) is 0. The minimum atomic E-state index is -3.16. The minimum Gasteiger partial charge on any atom is -0.772 e.